The molecule has 2 atom stereocenters. The first-order valence-electron chi connectivity index (χ1n) is 8.34. The van der Waals surface area contributed by atoms with Crippen LogP contribution in [0.3, 0.4) is 0 Å². The normalized spacial score (nSPS) is 26.5. The van der Waals surface area contributed by atoms with Gasteiger partial charge in [0.1, 0.15) is 5.69 Å². The van der Waals surface area contributed by atoms with Gasteiger partial charge in [-0.05, 0) is 26.2 Å². The number of ether oxygens (including phenoxy) is 1. The molecule has 2 saturated carbocycles. The lowest BCUT2D eigenvalue weighted by atomic mass is 9.54. The maximum Gasteiger partial charge on any atom is 0.274 e. The van der Waals surface area contributed by atoms with Crippen LogP contribution < -0.4 is 0 Å². The Labute approximate surface area is 132 Å². The van der Waals surface area contributed by atoms with Crippen LogP contribution in [0.15, 0.2) is 18.6 Å². The van der Waals surface area contributed by atoms with Gasteiger partial charge in [-0.3, -0.25) is 9.78 Å². The minimum absolute atomic E-state index is 0.0296. The summed E-state index contributed by atoms with van der Waals surface area (Å²) >= 11 is 0. The standard InChI is InChI=1S/C17H25N3O2/c1-3-22-15-11-14(17(15)7-5-4-6-8-17)20(2)16(21)13-12-18-9-10-19-13/h9-10,12,14-15H,3-8,11H2,1-2H3/t14-,15+/m0/s1. The maximum atomic E-state index is 12.7. The molecule has 1 amide bonds. The summed E-state index contributed by atoms with van der Waals surface area (Å²) in [6.07, 6.45) is 12.1. The summed E-state index contributed by atoms with van der Waals surface area (Å²) in [5.74, 6) is -0.0296. The number of carbonyl (C=O) groups excluding carboxylic acids is 1. The molecule has 2 fully saturated rings. The van der Waals surface area contributed by atoms with E-state index in [9.17, 15) is 4.79 Å². The third-order valence-electron chi connectivity index (χ3n) is 5.46. The maximum absolute atomic E-state index is 12.7. The van der Waals surface area contributed by atoms with Crippen LogP contribution in [-0.2, 0) is 4.74 Å². The summed E-state index contributed by atoms with van der Waals surface area (Å²) in [4.78, 5) is 22.7. The first-order valence-corrected chi connectivity index (χ1v) is 8.34. The van der Waals surface area contributed by atoms with Crippen molar-refractivity contribution in [1.82, 2.24) is 14.9 Å². The molecule has 3 rings (SSSR count). The van der Waals surface area contributed by atoms with Crippen molar-refractivity contribution in [3.63, 3.8) is 0 Å². The van der Waals surface area contributed by atoms with Gasteiger partial charge in [0.05, 0.1) is 12.3 Å². The van der Waals surface area contributed by atoms with E-state index in [1.54, 1.807) is 18.6 Å². The van der Waals surface area contributed by atoms with Crippen molar-refractivity contribution in [2.75, 3.05) is 13.7 Å². The summed E-state index contributed by atoms with van der Waals surface area (Å²) in [7, 11) is 1.90. The quantitative estimate of drug-likeness (QED) is 0.858. The minimum atomic E-state index is -0.0296. The Balaban J connectivity index is 1.77. The molecule has 0 unspecified atom stereocenters. The van der Waals surface area contributed by atoms with E-state index >= 15 is 0 Å². The molecule has 1 aromatic rings. The van der Waals surface area contributed by atoms with Crippen LogP contribution in [0.1, 0.15) is 55.9 Å². The monoisotopic (exact) mass is 303 g/mol. The Morgan fingerprint density at radius 2 is 2.14 bits per heavy atom. The Morgan fingerprint density at radius 1 is 1.36 bits per heavy atom. The molecule has 0 N–H and O–H groups in total. The second-order valence-corrected chi connectivity index (χ2v) is 6.50. The molecule has 5 heteroatoms. The Morgan fingerprint density at radius 3 is 2.77 bits per heavy atom. The van der Waals surface area contributed by atoms with Gasteiger partial charge in [0, 0.05) is 37.5 Å². The van der Waals surface area contributed by atoms with Crippen LogP contribution in [0.2, 0.25) is 0 Å². The van der Waals surface area contributed by atoms with Crippen molar-refractivity contribution in [3.8, 4) is 0 Å². The van der Waals surface area contributed by atoms with Crippen LogP contribution in [0, 0.1) is 5.41 Å². The van der Waals surface area contributed by atoms with E-state index < -0.39 is 0 Å². The number of hydrogen-bond donors (Lipinski definition) is 0. The fraction of sp³-hybridized carbons (Fsp3) is 0.706. The molecule has 0 bridgehead atoms. The van der Waals surface area contributed by atoms with Gasteiger partial charge < -0.3 is 9.64 Å². The van der Waals surface area contributed by atoms with E-state index in [4.69, 9.17) is 4.74 Å². The number of rotatable bonds is 4. The zero-order valence-corrected chi connectivity index (χ0v) is 13.5. The third kappa shape index (κ3) is 2.51. The van der Waals surface area contributed by atoms with Gasteiger partial charge in [-0.2, -0.15) is 0 Å². The SMILES string of the molecule is CCO[C@@H]1C[C@H](N(C)C(=O)c2cnccn2)C12CCCCC2. The van der Waals surface area contributed by atoms with Crippen molar-refractivity contribution in [3.05, 3.63) is 24.3 Å². The van der Waals surface area contributed by atoms with Gasteiger partial charge in [0.15, 0.2) is 0 Å². The van der Waals surface area contributed by atoms with Crippen molar-refractivity contribution >= 4 is 5.91 Å². The molecule has 5 nitrogen and oxygen atoms in total. The van der Waals surface area contributed by atoms with Crippen molar-refractivity contribution < 1.29 is 9.53 Å². The summed E-state index contributed by atoms with van der Waals surface area (Å²) in [5.41, 5.74) is 0.580. The van der Waals surface area contributed by atoms with Gasteiger partial charge in [-0.1, -0.05) is 19.3 Å². The molecule has 2 aliphatic rings. The predicted molar refractivity (Wildman–Crippen MR) is 83.5 cm³/mol. The molecule has 0 aromatic carbocycles. The lowest BCUT2D eigenvalue weighted by Crippen LogP contribution is -2.65. The van der Waals surface area contributed by atoms with Gasteiger partial charge >= 0.3 is 0 Å². The van der Waals surface area contributed by atoms with Crippen molar-refractivity contribution in [2.24, 2.45) is 5.41 Å². The summed E-state index contributed by atoms with van der Waals surface area (Å²) in [5, 5.41) is 0. The highest BCUT2D eigenvalue weighted by atomic mass is 16.5. The average Bonchev–Trinajstić information content (AvgIpc) is 2.58. The molecule has 22 heavy (non-hydrogen) atoms. The molecule has 2 aliphatic carbocycles. The average molecular weight is 303 g/mol. The number of nitrogens with zero attached hydrogens (tertiary/aromatic N) is 3. The Bertz CT molecular complexity index is 514. The number of amides is 1. The van der Waals surface area contributed by atoms with E-state index in [1.165, 1.54) is 32.1 Å². The predicted octanol–water partition coefficient (Wildman–Crippen LogP) is 2.68. The topological polar surface area (TPSA) is 55.3 Å². The fourth-order valence-electron chi connectivity index (χ4n) is 4.30. The molecule has 1 heterocycles. The molecular weight excluding hydrogens is 278 g/mol. The van der Waals surface area contributed by atoms with E-state index in [2.05, 4.69) is 16.9 Å². The second kappa shape index (κ2) is 6.32. The van der Waals surface area contributed by atoms with E-state index in [1.807, 2.05) is 11.9 Å². The minimum Gasteiger partial charge on any atom is -0.378 e. The van der Waals surface area contributed by atoms with Gasteiger partial charge in [0.2, 0.25) is 0 Å². The van der Waals surface area contributed by atoms with Crippen molar-refractivity contribution in [1.29, 1.82) is 0 Å². The van der Waals surface area contributed by atoms with Crippen LogP contribution in [0.25, 0.3) is 0 Å². The van der Waals surface area contributed by atoms with Gasteiger partial charge in [0.25, 0.3) is 5.91 Å². The molecule has 0 saturated heterocycles. The molecule has 120 valence electrons. The molecule has 0 aliphatic heterocycles. The van der Waals surface area contributed by atoms with Crippen molar-refractivity contribution in [2.45, 2.75) is 57.6 Å². The first kappa shape index (κ1) is 15.4. The van der Waals surface area contributed by atoms with Crippen LogP contribution in [0.5, 0.6) is 0 Å². The zero-order valence-electron chi connectivity index (χ0n) is 13.5. The summed E-state index contributed by atoms with van der Waals surface area (Å²) in [6, 6.07) is 0.263. The van der Waals surface area contributed by atoms with E-state index in [-0.39, 0.29) is 17.4 Å². The molecule has 0 radical (unpaired) electrons. The Hall–Kier alpha value is -1.49. The van der Waals surface area contributed by atoms with E-state index in [0.29, 0.717) is 11.8 Å². The largest absolute Gasteiger partial charge is 0.378 e. The smallest absolute Gasteiger partial charge is 0.274 e. The highest BCUT2D eigenvalue weighted by Crippen LogP contribution is 2.55. The van der Waals surface area contributed by atoms with Crippen LogP contribution in [-0.4, -0.2) is 46.6 Å². The second-order valence-electron chi connectivity index (χ2n) is 6.50. The number of hydrogen-bond acceptors (Lipinski definition) is 4. The molecular formula is C17H25N3O2. The van der Waals surface area contributed by atoms with Gasteiger partial charge in [-0.25, -0.2) is 4.98 Å². The highest BCUT2D eigenvalue weighted by Gasteiger charge is 2.57. The number of aromatic nitrogens is 2. The fourth-order valence-corrected chi connectivity index (χ4v) is 4.30. The van der Waals surface area contributed by atoms with E-state index in [0.717, 1.165) is 13.0 Å². The summed E-state index contributed by atoms with van der Waals surface area (Å²) in [6.45, 7) is 2.80. The molecule has 1 spiro atoms. The number of carbonyl (C=O) groups is 1. The first-order chi connectivity index (χ1) is 10.7. The Kier molecular flexibility index (Phi) is 4.43. The van der Waals surface area contributed by atoms with Crippen LogP contribution >= 0.6 is 0 Å². The summed E-state index contributed by atoms with van der Waals surface area (Å²) < 4.78 is 5.97. The zero-order chi connectivity index (χ0) is 15.6. The highest BCUT2D eigenvalue weighted by molar-refractivity contribution is 5.92. The lowest BCUT2D eigenvalue weighted by molar-refractivity contribution is -0.170. The molecule has 1 aromatic heterocycles. The van der Waals surface area contributed by atoms with Crippen LogP contribution in [0.4, 0.5) is 0 Å². The van der Waals surface area contributed by atoms with Gasteiger partial charge in [-0.15, -0.1) is 0 Å². The third-order valence-corrected chi connectivity index (χ3v) is 5.46. The lowest BCUT2D eigenvalue weighted by Gasteiger charge is -2.60.